The summed E-state index contributed by atoms with van der Waals surface area (Å²) in [6, 6.07) is 7.03. The van der Waals surface area contributed by atoms with Gasteiger partial charge in [0.15, 0.2) is 0 Å². The number of aromatic nitrogens is 2. The van der Waals surface area contributed by atoms with Crippen LogP contribution in [0.3, 0.4) is 0 Å². The summed E-state index contributed by atoms with van der Waals surface area (Å²) < 4.78 is 5.52. The van der Waals surface area contributed by atoms with E-state index < -0.39 is 24.3 Å². The fraction of sp³-hybridized carbons (Fsp3) is 0.400. The number of benzene rings is 1. The summed E-state index contributed by atoms with van der Waals surface area (Å²) in [5.74, 6) is 0. The molecule has 1 fully saturated rings. The van der Waals surface area contributed by atoms with Crippen LogP contribution in [0.15, 0.2) is 24.3 Å². The first-order chi connectivity index (χ1) is 11.5. The SMILES string of the molecule is Cc1cccc(NC(=O)Nc2nnc([C@H]3C[C@H](O)[C@@H](CO)O3)s2)c1. The molecule has 9 heteroatoms. The molecule has 1 aromatic heterocycles. The molecule has 1 saturated heterocycles. The summed E-state index contributed by atoms with van der Waals surface area (Å²) in [5, 5.41) is 33.0. The number of aliphatic hydroxyl groups excluding tert-OH is 2. The lowest BCUT2D eigenvalue weighted by Gasteiger charge is -2.09. The maximum atomic E-state index is 12.0. The Balaban J connectivity index is 1.59. The molecule has 2 heterocycles. The average Bonchev–Trinajstić information content (AvgIpc) is 3.13. The third kappa shape index (κ3) is 3.88. The van der Waals surface area contributed by atoms with Crippen LogP contribution in [0.4, 0.5) is 15.6 Å². The zero-order valence-electron chi connectivity index (χ0n) is 13.0. The van der Waals surface area contributed by atoms with E-state index in [1.54, 1.807) is 6.07 Å². The number of carbonyl (C=O) groups is 1. The summed E-state index contributed by atoms with van der Waals surface area (Å²) in [6.07, 6.45) is -1.43. The second-order valence-corrected chi connectivity index (χ2v) is 6.55. The predicted molar refractivity (Wildman–Crippen MR) is 89.1 cm³/mol. The van der Waals surface area contributed by atoms with Gasteiger partial charge in [-0.3, -0.25) is 5.32 Å². The minimum absolute atomic E-state index is 0.250. The molecule has 0 spiro atoms. The number of ether oxygens (including phenoxy) is 1. The number of urea groups is 1. The standard InChI is InChI=1S/C15H18N4O4S/c1-8-3-2-4-9(5-8)16-14(22)17-15-19-18-13(24-15)11-6-10(21)12(7-20)23-11/h2-5,10-12,20-21H,6-7H2,1H3,(H2,16,17,19,22)/t10-,11+,12+/m0/s1. The monoisotopic (exact) mass is 350 g/mol. The van der Waals surface area contributed by atoms with Crippen molar-refractivity contribution in [2.24, 2.45) is 0 Å². The van der Waals surface area contributed by atoms with Crippen LogP contribution < -0.4 is 10.6 Å². The number of amides is 2. The van der Waals surface area contributed by atoms with Crippen molar-refractivity contribution in [2.75, 3.05) is 17.2 Å². The van der Waals surface area contributed by atoms with Crippen LogP contribution in [0.5, 0.6) is 0 Å². The first-order valence-corrected chi connectivity index (χ1v) is 8.29. The number of aryl methyl sites for hydroxylation is 1. The van der Waals surface area contributed by atoms with Gasteiger partial charge < -0.3 is 20.3 Å². The number of hydrogen-bond donors (Lipinski definition) is 4. The van der Waals surface area contributed by atoms with E-state index in [0.29, 0.717) is 22.2 Å². The van der Waals surface area contributed by atoms with Crippen molar-refractivity contribution in [3.05, 3.63) is 34.8 Å². The molecule has 0 saturated carbocycles. The zero-order chi connectivity index (χ0) is 17.1. The van der Waals surface area contributed by atoms with Crippen molar-refractivity contribution in [3.8, 4) is 0 Å². The Bertz CT molecular complexity index is 723. The minimum atomic E-state index is -0.732. The number of anilines is 2. The molecular weight excluding hydrogens is 332 g/mol. The van der Waals surface area contributed by atoms with Crippen molar-refractivity contribution in [2.45, 2.75) is 31.7 Å². The molecule has 0 bridgehead atoms. The first-order valence-electron chi connectivity index (χ1n) is 7.47. The van der Waals surface area contributed by atoms with Crippen LogP contribution in [0.25, 0.3) is 0 Å². The summed E-state index contributed by atoms with van der Waals surface area (Å²) in [4.78, 5) is 12.0. The van der Waals surface area contributed by atoms with Gasteiger partial charge in [-0.25, -0.2) is 4.79 Å². The van der Waals surface area contributed by atoms with Crippen LogP contribution in [-0.2, 0) is 4.74 Å². The Morgan fingerprint density at radius 2 is 2.25 bits per heavy atom. The molecular formula is C15H18N4O4S. The Hall–Kier alpha value is -2.07. The number of nitrogens with one attached hydrogen (secondary N) is 2. The van der Waals surface area contributed by atoms with E-state index >= 15 is 0 Å². The van der Waals surface area contributed by atoms with E-state index in [1.165, 1.54) is 11.3 Å². The van der Waals surface area contributed by atoms with Gasteiger partial charge in [-0.2, -0.15) is 0 Å². The molecule has 0 aliphatic carbocycles. The molecule has 1 aliphatic rings. The quantitative estimate of drug-likeness (QED) is 0.666. The lowest BCUT2D eigenvalue weighted by atomic mass is 10.1. The predicted octanol–water partition coefficient (Wildman–Crippen LogP) is 1.67. The lowest BCUT2D eigenvalue weighted by molar-refractivity contribution is -0.0227. The van der Waals surface area contributed by atoms with Gasteiger partial charge >= 0.3 is 6.03 Å². The highest BCUT2D eigenvalue weighted by Gasteiger charge is 2.36. The topological polar surface area (TPSA) is 117 Å². The third-order valence-corrected chi connectivity index (χ3v) is 4.55. The number of aliphatic hydroxyl groups is 2. The van der Waals surface area contributed by atoms with E-state index in [2.05, 4.69) is 20.8 Å². The Kier molecular flexibility index (Phi) is 5.05. The Morgan fingerprint density at radius 1 is 1.42 bits per heavy atom. The molecule has 2 aromatic rings. The van der Waals surface area contributed by atoms with Gasteiger partial charge in [0, 0.05) is 12.1 Å². The van der Waals surface area contributed by atoms with Gasteiger partial charge in [-0.1, -0.05) is 23.5 Å². The molecule has 1 aromatic carbocycles. The average molecular weight is 350 g/mol. The third-order valence-electron chi connectivity index (χ3n) is 3.62. The largest absolute Gasteiger partial charge is 0.394 e. The highest BCUT2D eigenvalue weighted by molar-refractivity contribution is 7.15. The van der Waals surface area contributed by atoms with E-state index in [4.69, 9.17) is 9.84 Å². The van der Waals surface area contributed by atoms with Crippen LogP contribution in [-0.4, -0.2) is 45.3 Å². The first kappa shape index (κ1) is 16.8. The van der Waals surface area contributed by atoms with E-state index in [9.17, 15) is 9.90 Å². The van der Waals surface area contributed by atoms with Crippen LogP contribution in [0.2, 0.25) is 0 Å². The normalized spacial score (nSPS) is 23.2. The fourth-order valence-corrected chi connectivity index (χ4v) is 3.24. The van der Waals surface area contributed by atoms with Crippen molar-refractivity contribution in [3.63, 3.8) is 0 Å². The van der Waals surface area contributed by atoms with Gasteiger partial charge in [-0.05, 0) is 24.6 Å². The second-order valence-electron chi connectivity index (χ2n) is 5.54. The van der Waals surface area contributed by atoms with Crippen LogP contribution in [0, 0.1) is 6.92 Å². The highest BCUT2D eigenvalue weighted by atomic mass is 32.1. The minimum Gasteiger partial charge on any atom is -0.394 e. The van der Waals surface area contributed by atoms with Gasteiger partial charge in [0.25, 0.3) is 0 Å². The number of carbonyl (C=O) groups excluding carboxylic acids is 1. The molecule has 24 heavy (non-hydrogen) atoms. The Morgan fingerprint density at radius 3 is 2.96 bits per heavy atom. The number of hydrogen-bond acceptors (Lipinski definition) is 7. The molecule has 4 N–H and O–H groups in total. The lowest BCUT2D eigenvalue weighted by Crippen LogP contribution is -2.24. The molecule has 3 rings (SSSR count). The summed E-state index contributed by atoms with van der Waals surface area (Å²) in [5.41, 5.74) is 1.73. The second kappa shape index (κ2) is 7.22. The van der Waals surface area contributed by atoms with Gasteiger partial charge in [0.2, 0.25) is 5.13 Å². The summed E-state index contributed by atoms with van der Waals surface area (Å²) in [6.45, 7) is 1.69. The summed E-state index contributed by atoms with van der Waals surface area (Å²) >= 11 is 1.17. The number of rotatable bonds is 4. The fourth-order valence-electron chi connectivity index (χ4n) is 2.45. The zero-order valence-corrected chi connectivity index (χ0v) is 13.8. The van der Waals surface area contributed by atoms with Gasteiger partial charge in [0.1, 0.15) is 17.2 Å². The molecule has 0 unspecified atom stereocenters. The molecule has 128 valence electrons. The van der Waals surface area contributed by atoms with Crippen molar-refractivity contribution in [1.29, 1.82) is 0 Å². The van der Waals surface area contributed by atoms with Crippen molar-refractivity contribution < 1.29 is 19.7 Å². The molecule has 1 aliphatic heterocycles. The highest BCUT2D eigenvalue weighted by Crippen LogP contribution is 2.35. The van der Waals surface area contributed by atoms with Crippen molar-refractivity contribution >= 4 is 28.2 Å². The van der Waals surface area contributed by atoms with E-state index in [-0.39, 0.29) is 6.61 Å². The van der Waals surface area contributed by atoms with E-state index in [1.807, 2.05) is 25.1 Å². The van der Waals surface area contributed by atoms with E-state index in [0.717, 1.165) is 5.56 Å². The van der Waals surface area contributed by atoms with Crippen molar-refractivity contribution in [1.82, 2.24) is 10.2 Å². The maximum Gasteiger partial charge on any atom is 0.325 e. The Labute approximate surface area is 142 Å². The summed E-state index contributed by atoms with van der Waals surface area (Å²) in [7, 11) is 0. The van der Waals surface area contributed by atoms with Gasteiger partial charge in [0.05, 0.1) is 12.7 Å². The van der Waals surface area contributed by atoms with Crippen LogP contribution >= 0.6 is 11.3 Å². The van der Waals surface area contributed by atoms with Gasteiger partial charge in [-0.15, -0.1) is 10.2 Å². The maximum absolute atomic E-state index is 12.0. The molecule has 2 amide bonds. The molecule has 8 nitrogen and oxygen atoms in total. The molecule has 3 atom stereocenters. The number of nitrogens with zero attached hydrogens (tertiary/aromatic N) is 2. The van der Waals surface area contributed by atoms with Crippen LogP contribution in [0.1, 0.15) is 23.1 Å². The molecule has 0 radical (unpaired) electrons. The smallest absolute Gasteiger partial charge is 0.325 e.